The number of hydrogen-bond donors (Lipinski definition) is 1. The average Bonchev–Trinajstić information content (AvgIpc) is 2.87. The summed E-state index contributed by atoms with van der Waals surface area (Å²) in [5.41, 5.74) is 2.18. The quantitative estimate of drug-likeness (QED) is 0.924. The number of carbonyl (C=O) groups is 2. The van der Waals surface area contributed by atoms with Gasteiger partial charge >= 0.3 is 0 Å². The summed E-state index contributed by atoms with van der Waals surface area (Å²) in [4.78, 5) is 26.6. The largest absolute Gasteiger partial charge is 0.344 e. The smallest absolute Gasteiger partial charge is 0.249 e. The van der Waals surface area contributed by atoms with Crippen molar-refractivity contribution in [2.24, 2.45) is 11.8 Å². The van der Waals surface area contributed by atoms with Crippen LogP contribution in [0.3, 0.4) is 0 Å². The van der Waals surface area contributed by atoms with Crippen LogP contribution in [0.5, 0.6) is 0 Å². The van der Waals surface area contributed by atoms with Crippen LogP contribution < -0.4 is 10.2 Å². The highest BCUT2D eigenvalue weighted by Crippen LogP contribution is 2.28. The Bertz CT molecular complexity index is 537. The minimum atomic E-state index is -0.467. The third-order valence-corrected chi connectivity index (χ3v) is 3.91. The molecule has 1 heterocycles. The minimum absolute atomic E-state index is 0.0102. The van der Waals surface area contributed by atoms with Crippen LogP contribution in [-0.4, -0.2) is 24.4 Å². The summed E-state index contributed by atoms with van der Waals surface area (Å²) in [5.74, 6) is -0.142. The van der Waals surface area contributed by atoms with E-state index < -0.39 is 6.04 Å². The van der Waals surface area contributed by atoms with E-state index in [4.69, 9.17) is 0 Å². The summed E-state index contributed by atoms with van der Waals surface area (Å²) in [7, 11) is 0. The second-order valence-corrected chi connectivity index (χ2v) is 6.25. The van der Waals surface area contributed by atoms with Crippen LogP contribution in [0, 0.1) is 11.8 Å². The molecule has 0 saturated heterocycles. The topological polar surface area (TPSA) is 49.4 Å². The van der Waals surface area contributed by atoms with Gasteiger partial charge in [0.2, 0.25) is 11.8 Å². The molecule has 1 aliphatic rings. The molecule has 0 saturated carbocycles. The first-order valence-corrected chi connectivity index (χ1v) is 7.61. The standard InChI is InChI=1S/C17H24N2O2/c1-11(2)15(18-16(20)12(3)4)17(21)19-10-9-13-7-5-6-8-14(13)19/h5-8,11-12,15H,9-10H2,1-4H3,(H,18,20)/t15-/m0/s1. The Morgan fingerprint density at radius 1 is 1.14 bits per heavy atom. The van der Waals surface area contributed by atoms with Crippen LogP contribution in [0.25, 0.3) is 0 Å². The van der Waals surface area contributed by atoms with Crippen molar-refractivity contribution in [3.8, 4) is 0 Å². The molecule has 2 rings (SSSR count). The first kappa shape index (κ1) is 15.5. The van der Waals surface area contributed by atoms with Crippen LogP contribution in [0.15, 0.2) is 24.3 Å². The summed E-state index contributed by atoms with van der Waals surface area (Å²) in [6.07, 6.45) is 0.880. The summed E-state index contributed by atoms with van der Waals surface area (Å²) < 4.78 is 0. The van der Waals surface area contributed by atoms with Crippen LogP contribution in [0.4, 0.5) is 5.69 Å². The maximum atomic E-state index is 12.8. The normalized spacial score (nSPS) is 15.2. The maximum absolute atomic E-state index is 12.8. The highest BCUT2D eigenvalue weighted by atomic mass is 16.2. The lowest BCUT2D eigenvalue weighted by Gasteiger charge is -2.28. The minimum Gasteiger partial charge on any atom is -0.344 e. The van der Waals surface area contributed by atoms with E-state index in [9.17, 15) is 9.59 Å². The molecule has 4 nitrogen and oxygen atoms in total. The maximum Gasteiger partial charge on any atom is 0.249 e. The number of anilines is 1. The number of carbonyl (C=O) groups excluding carboxylic acids is 2. The molecule has 21 heavy (non-hydrogen) atoms. The number of nitrogens with zero attached hydrogens (tertiary/aromatic N) is 1. The number of amides is 2. The van der Waals surface area contributed by atoms with E-state index in [0.717, 1.165) is 12.1 Å². The molecule has 0 aliphatic carbocycles. The van der Waals surface area contributed by atoms with Gasteiger partial charge in [0, 0.05) is 18.2 Å². The molecule has 1 aromatic rings. The first-order chi connectivity index (χ1) is 9.91. The highest BCUT2D eigenvalue weighted by molar-refractivity contribution is 6.01. The molecule has 1 atom stereocenters. The van der Waals surface area contributed by atoms with Gasteiger partial charge < -0.3 is 10.2 Å². The van der Waals surface area contributed by atoms with E-state index in [1.165, 1.54) is 5.56 Å². The Morgan fingerprint density at radius 2 is 1.81 bits per heavy atom. The third kappa shape index (κ3) is 3.26. The van der Waals surface area contributed by atoms with Crippen molar-refractivity contribution in [1.29, 1.82) is 0 Å². The molecule has 0 fully saturated rings. The summed E-state index contributed by atoms with van der Waals surface area (Å²) >= 11 is 0. The first-order valence-electron chi connectivity index (χ1n) is 7.61. The van der Waals surface area contributed by atoms with Crippen LogP contribution in [0.2, 0.25) is 0 Å². The molecule has 0 unspecified atom stereocenters. The second kappa shape index (κ2) is 6.29. The molecule has 0 spiro atoms. The zero-order valence-corrected chi connectivity index (χ0v) is 13.2. The number of para-hydroxylation sites is 1. The Kier molecular flexibility index (Phi) is 4.66. The zero-order chi connectivity index (χ0) is 15.6. The SMILES string of the molecule is CC(C)C(=O)N[C@H](C(=O)N1CCc2ccccc21)C(C)C. The summed E-state index contributed by atoms with van der Waals surface area (Å²) in [6.45, 7) is 8.29. The fraction of sp³-hybridized carbons (Fsp3) is 0.529. The lowest BCUT2D eigenvalue weighted by Crippen LogP contribution is -2.52. The van der Waals surface area contributed by atoms with Crippen molar-refractivity contribution in [3.05, 3.63) is 29.8 Å². The van der Waals surface area contributed by atoms with Gasteiger partial charge in [-0.15, -0.1) is 0 Å². The van der Waals surface area contributed by atoms with E-state index in [1.807, 2.05) is 45.9 Å². The number of rotatable bonds is 4. The van der Waals surface area contributed by atoms with E-state index in [1.54, 1.807) is 4.90 Å². The number of nitrogens with one attached hydrogen (secondary N) is 1. The van der Waals surface area contributed by atoms with Gasteiger partial charge in [0.1, 0.15) is 6.04 Å². The molecule has 1 N–H and O–H groups in total. The van der Waals surface area contributed by atoms with Gasteiger partial charge in [0.05, 0.1) is 0 Å². The number of benzene rings is 1. The molecule has 0 radical (unpaired) electrons. The molecule has 114 valence electrons. The molecule has 1 aliphatic heterocycles. The third-order valence-electron chi connectivity index (χ3n) is 3.91. The van der Waals surface area contributed by atoms with Crippen molar-refractivity contribution in [2.75, 3.05) is 11.4 Å². The predicted octanol–water partition coefficient (Wildman–Crippen LogP) is 2.37. The van der Waals surface area contributed by atoms with Crippen molar-refractivity contribution >= 4 is 17.5 Å². The van der Waals surface area contributed by atoms with Crippen LogP contribution in [0.1, 0.15) is 33.3 Å². The number of hydrogen-bond acceptors (Lipinski definition) is 2. The van der Waals surface area contributed by atoms with E-state index in [2.05, 4.69) is 11.4 Å². The van der Waals surface area contributed by atoms with Gasteiger partial charge in [-0.25, -0.2) is 0 Å². The molecule has 1 aromatic carbocycles. The van der Waals surface area contributed by atoms with Gasteiger partial charge in [-0.05, 0) is 24.0 Å². The fourth-order valence-corrected chi connectivity index (χ4v) is 2.57. The second-order valence-electron chi connectivity index (χ2n) is 6.25. The van der Waals surface area contributed by atoms with Crippen molar-refractivity contribution in [3.63, 3.8) is 0 Å². The van der Waals surface area contributed by atoms with E-state index >= 15 is 0 Å². The number of fused-ring (bicyclic) bond motifs is 1. The monoisotopic (exact) mass is 288 g/mol. The zero-order valence-electron chi connectivity index (χ0n) is 13.2. The van der Waals surface area contributed by atoms with Gasteiger partial charge in [-0.3, -0.25) is 9.59 Å². The Balaban J connectivity index is 2.18. The van der Waals surface area contributed by atoms with Crippen LogP contribution in [-0.2, 0) is 16.0 Å². The van der Waals surface area contributed by atoms with E-state index in [0.29, 0.717) is 6.54 Å². The van der Waals surface area contributed by atoms with Gasteiger partial charge in [-0.1, -0.05) is 45.9 Å². The Morgan fingerprint density at radius 3 is 2.43 bits per heavy atom. The summed E-state index contributed by atoms with van der Waals surface area (Å²) in [5, 5.41) is 2.89. The molecule has 2 amide bonds. The summed E-state index contributed by atoms with van der Waals surface area (Å²) in [6, 6.07) is 7.50. The molecule has 0 bridgehead atoms. The Labute approximate surface area is 126 Å². The van der Waals surface area contributed by atoms with Crippen molar-refractivity contribution < 1.29 is 9.59 Å². The molecular formula is C17H24N2O2. The van der Waals surface area contributed by atoms with Crippen molar-refractivity contribution in [1.82, 2.24) is 5.32 Å². The lowest BCUT2D eigenvalue weighted by atomic mass is 10.0. The fourth-order valence-electron chi connectivity index (χ4n) is 2.57. The van der Waals surface area contributed by atoms with Gasteiger partial charge in [0.25, 0.3) is 0 Å². The van der Waals surface area contributed by atoms with Gasteiger partial charge in [-0.2, -0.15) is 0 Å². The van der Waals surface area contributed by atoms with Crippen LogP contribution >= 0.6 is 0 Å². The molecular weight excluding hydrogens is 264 g/mol. The average molecular weight is 288 g/mol. The highest BCUT2D eigenvalue weighted by Gasteiger charge is 2.32. The molecule has 0 aromatic heterocycles. The van der Waals surface area contributed by atoms with Crippen molar-refractivity contribution in [2.45, 2.75) is 40.2 Å². The predicted molar refractivity (Wildman–Crippen MR) is 84.1 cm³/mol. The lowest BCUT2D eigenvalue weighted by molar-refractivity contribution is -0.130. The van der Waals surface area contributed by atoms with Gasteiger partial charge in [0.15, 0.2) is 0 Å². The molecule has 4 heteroatoms. The van der Waals surface area contributed by atoms with E-state index in [-0.39, 0.29) is 23.7 Å². The Hall–Kier alpha value is -1.84.